The van der Waals surface area contributed by atoms with Gasteiger partial charge in [0.1, 0.15) is 11.8 Å². The highest BCUT2D eigenvalue weighted by atomic mass is 16.5. The van der Waals surface area contributed by atoms with E-state index in [-0.39, 0.29) is 12.1 Å². The lowest BCUT2D eigenvalue weighted by molar-refractivity contribution is 0.0584. The van der Waals surface area contributed by atoms with E-state index in [2.05, 4.69) is 15.5 Å². The third-order valence-corrected chi connectivity index (χ3v) is 4.72. The maximum Gasteiger partial charge on any atom is 0.317 e. The molecule has 1 atom stereocenters. The molecular formula is C19H26N4O4. The summed E-state index contributed by atoms with van der Waals surface area (Å²) in [4.78, 5) is 18.5. The second kappa shape index (κ2) is 8.85. The molecule has 1 aliphatic rings. The van der Waals surface area contributed by atoms with Crippen LogP contribution < -0.4 is 10.1 Å². The molecule has 0 saturated carbocycles. The molecule has 2 amide bonds. The molecule has 146 valence electrons. The molecule has 1 unspecified atom stereocenters. The molecule has 8 heteroatoms. The van der Waals surface area contributed by atoms with Gasteiger partial charge in [-0.1, -0.05) is 5.16 Å². The number of hydrogen-bond donors (Lipinski definition) is 1. The topological polar surface area (TPSA) is 89.7 Å². The minimum atomic E-state index is -0.380. The fraction of sp³-hybridized carbons (Fsp3) is 0.526. The zero-order valence-corrected chi connectivity index (χ0v) is 16.0. The molecule has 1 aromatic carbocycles. The Kier molecular flexibility index (Phi) is 6.28. The van der Waals surface area contributed by atoms with Crippen molar-refractivity contribution in [3.05, 3.63) is 30.2 Å². The summed E-state index contributed by atoms with van der Waals surface area (Å²) in [5, 5.41) is 6.91. The number of urea groups is 1. The van der Waals surface area contributed by atoms with Crippen LogP contribution in [0.2, 0.25) is 0 Å². The van der Waals surface area contributed by atoms with Gasteiger partial charge in [-0.25, -0.2) is 4.79 Å². The zero-order valence-electron chi connectivity index (χ0n) is 16.0. The lowest BCUT2D eigenvalue weighted by Crippen LogP contribution is -2.41. The van der Waals surface area contributed by atoms with E-state index in [0.717, 1.165) is 37.4 Å². The Morgan fingerprint density at radius 3 is 2.70 bits per heavy atom. The van der Waals surface area contributed by atoms with Crippen molar-refractivity contribution in [1.82, 2.24) is 20.4 Å². The second-order valence-corrected chi connectivity index (χ2v) is 6.79. The normalized spacial score (nSPS) is 16.0. The van der Waals surface area contributed by atoms with E-state index in [4.69, 9.17) is 14.0 Å². The molecule has 1 aromatic heterocycles. The van der Waals surface area contributed by atoms with Gasteiger partial charge in [-0.15, -0.1) is 0 Å². The van der Waals surface area contributed by atoms with Gasteiger partial charge in [0.25, 0.3) is 0 Å². The first-order valence-electron chi connectivity index (χ1n) is 9.14. The molecule has 1 saturated heterocycles. The predicted octanol–water partition coefficient (Wildman–Crippen LogP) is 2.87. The third-order valence-electron chi connectivity index (χ3n) is 4.72. The van der Waals surface area contributed by atoms with Crippen LogP contribution in [0.5, 0.6) is 5.75 Å². The maximum absolute atomic E-state index is 12.4. The second-order valence-electron chi connectivity index (χ2n) is 6.79. The van der Waals surface area contributed by atoms with Crippen molar-refractivity contribution in [2.75, 3.05) is 33.9 Å². The maximum atomic E-state index is 12.4. The van der Waals surface area contributed by atoms with Gasteiger partial charge in [-0.2, -0.15) is 4.98 Å². The first kappa shape index (κ1) is 19.2. The molecule has 27 heavy (non-hydrogen) atoms. The largest absolute Gasteiger partial charge is 0.497 e. The number of amides is 2. The van der Waals surface area contributed by atoms with Crippen molar-refractivity contribution >= 4 is 6.03 Å². The quantitative estimate of drug-likeness (QED) is 0.836. The van der Waals surface area contributed by atoms with E-state index >= 15 is 0 Å². The van der Waals surface area contributed by atoms with Gasteiger partial charge in [-0.05, 0) is 49.9 Å². The number of ether oxygens (including phenoxy) is 2. The van der Waals surface area contributed by atoms with Crippen LogP contribution in [0.4, 0.5) is 4.79 Å². The number of carbonyl (C=O) groups excluding carboxylic acids is 1. The van der Waals surface area contributed by atoms with Crippen LogP contribution >= 0.6 is 0 Å². The van der Waals surface area contributed by atoms with Crippen molar-refractivity contribution in [2.45, 2.75) is 25.8 Å². The van der Waals surface area contributed by atoms with Crippen LogP contribution in [-0.2, 0) is 4.74 Å². The Bertz CT molecular complexity index is 740. The van der Waals surface area contributed by atoms with Crippen LogP contribution in [0, 0.1) is 5.92 Å². The van der Waals surface area contributed by atoms with E-state index in [0.29, 0.717) is 24.2 Å². The predicted molar refractivity (Wildman–Crippen MR) is 99.4 cm³/mol. The molecular weight excluding hydrogens is 348 g/mol. The Morgan fingerprint density at radius 1 is 1.33 bits per heavy atom. The Hall–Kier alpha value is -2.61. The molecule has 3 rings (SSSR count). The summed E-state index contributed by atoms with van der Waals surface area (Å²) in [6, 6.07) is 6.85. The van der Waals surface area contributed by atoms with Crippen LogP contribution in [-0.4, -0.2) is 55.0 Å². The van der Waals surface area contributed by atoms with Gasteiger partial charge in [0, 0.05) is 32.4 Å². The Morgan fingerprint density at radius 2 is 2.04 bits per heavy atom. The molecule has 2 aromatic rings. The molecule has 0 aliphatic carbocycles. The lowest BCUT2D eigenvalue weighted by Gasteiger charge is -2.27. The molecule has 2 heterocycles. The van der Waals surface area contributed by atoms with Crippen molar-refractivity contribution < 1.29 is 18.8 Å². The summed E-state index contributed by atoms with van der Waals surface area (Å²) in [7, 11) is 3.42. The fourth-order valence-corrected chi connectivity index (χ4v) is 3.02. The Balaban J connectivity index is 1.56. The van der Waals surface area contributed by atoms with E-state index in [1.54, 1.807) is 19.1 Å². The standard InChI is InChI=1S/C19H26N4O4/c1-13(20-19(24)23(2)12-14-8-10-26-11-9-14)18-21-17(22-27-18)15-4-6-16(25-3)7-5-15/h4-7,13-14H,8-12H2,1-3H3,(H,20,24). The van der Waals surface area contributed by atoms with E-state index in [9.17, 15) is 4.79 Å². The molecule has 0 spiro atoms. The van der Waals surface area contributed by atoms with Crippen LogP contribution in [0.15, 0.2) is 28.8 Å². The van der Waals surface area contributed by atoms with Gasteiger partial charge >= 0.3 is 6.03 Å². The van der Waals surface area contributed by atoms with Gasteiger partial charge in [-0.3, -0.25) is 0 Å². The highest BCUT2D eigenvalue weighted by Crippen LogP contribution is 2.22. The van der Waals surface area contributed by atoms with Crippen LogP contribution in [0.3, 0.4) is 0 Å². The van der Waals surface area contributed by atoms with Crippen molar-refractivity contribution in [2.24, 2.45) is 5.92 Å². The Labute approximate surface area is 158 Å². The monoisotopic (exact) mass is 374 g/mol. The number of methoxy groups -OCH3 is 1. The molecule has 1 N–H and O–H groups in total. The average Bonchev–Trinajstić information content (AvgIpc) is 3.19. The third kappa shape index (κ3) is 4.97. The number of benzene rings is 1. The summed E-state index contributed by atoms with van der Waals surface area (Å²) in [5.41, 5.74) is 0.820. The number of aromatic nitrogens is 2. The average molecular weight is 374 g/mol. The summed E-state index contributed by atoms with van der Waals surface area (Å²) in [5.74, 6) is 2.09. The lowest BCUT2D eigenvalue weighted by atomic mass is 10.00. The van der Waals surface area contributed by atoms with Gasteiger partial charge < -0.3 is 24.2 Å². The van der Waals surface area contributed by atoms with Crippen molar-refractivity contribution in [1.29, 1.82) is 0 Å². The highest BCUT2D eigenvalue weighted by Gasteiger charge is 2.22. The van der Waals surface area contributed by atoms with Gasteiger partial charge in [0.15, 0.2) is 0 Å². The van der Waals surface area contributed by atoms with Crippen LogP contribution in [0.25, 0.3) is 11.4 Å². The molecule has 8 nitrogen and oxygen atoms in total. The number of nitrogens with one attached hydrogen (secondary N) is 1. The minimum Gasteiger partial charge on any atom is -0.497 e. The first-order chi connectivity index (χ1) is 13.1. The van der Waals surface area contributed by atoms with E-state index in [1.165, 1.54) is 0 Å². The molecule has 0 radical (unpaired) electrons. The number of nitrogens with zero attached hydrogens (tertiary/aromatic N) is 3. The highest BCUT2D eigenvalue weighted by molar-refractivity contribution is 5.74. The van der Waals surface area contributed by atoms with Gasteiger partial charge in [0.2, 0.25) is 11.7 Å². The SMILES string of the molecule is COc1ccc(-c2noc(C(C)NC(=O)N(C)CC3CCOCC3)n2)cc1. The number of rotatable bonds is 6. The van der Waals surface area contributed by atoms with Crippen molar-refractivity contribution in [3.63, 3.8) is 0 Å². The molecule has 1 fully saturated rings. The summed E-state index contributed by atoms with van der Waals surface area (Å²) < 4.78 is 15.8. The number of carbonyl (C=O) groups is 1. The minimum absolute atomic E-state index is 0.154. The first-order valence-corrected chi connectivity index (χ1v) is 9.14. The summed E-state index contributed by atoms with van der Waals surface area (Å²) in [6.07, 6.45) is 1.98. The molecule has 0 bridgehead atoms. The number of hydrogen-bond acceptors (Lipinski definition) is 6. The van der Waals surface area contributed by atoms with Crippen LogP contribution in [0.1, 0.15) is 31.7 Å². The summed E-state index contributed by atoms with van der Waals surface area (Å²) in [6.45, 7) is 4.08. The van der Waals surface area contributed by atoms with Crippen molar-refractivity contribution in [3.8, 4) is 17.1 Å². The smallest absolute Gasteiger partial charge is 0.317 e. The molecule has 1 aliphatic heterocycles. The fourth-order valence-electron chi connectivity index (χ4n) is 3.02. The van der Waals surface area contributed by atoms with E-state index in [1.807, 2.05) is 31.2 Å². The van der Waals surface area contributed by atoms with Gasteiger partial charge in [0.05, 0.1) is 7.11 Å². The van der Waals surface area contributed by atoms with E-state index < -0.39 is 0 Å². The summed E-state index contributed by atoms with van der Waals surface area (Å²) >= 11 is 0. The zero-order chi connectivity index (χ0) is 19.2.